The molecule has 3 rings (SSSR count). The number of terminal acetylenes is 1. The number of rotatable bonds is 6. The molecular weight excluding hydrogens is 354 g/mol. The Balaban J connectivity index is 1.69. The van der Waals surface area contributed by atoms with Crippen LogP contribution in [0, 0.1) is 12.3 Å². The van der Waals surface area contributed by atoms with Crippen LogP contribution in [-0.2, 0) is 20.9 Å². The minimum absolute atomic E-state index is 0.000411. The van der Waals surface area contributed by atoms with Crippen LogP contribution in [0.3, 0.4) is 0 Å². The lowest BCUT2D eigenvalue weighted by atomic mass is 9.89. The van der Waals surface area contributed by atoms with Crippen molar-refractivity contribution in [2.45, 2.75) is 70.2 Å². The molecule has 0 saturated carbocycles. The highest BCUT2D eigenvalue weighted by molar-refractivity contribution is 5.83. The fourth-order valence-electron chi connectivity index (χ4n) is 3.50. The summed E-state index contributed by atoms with van der Waals surface area (Å²) in [6, 6.07) is 7.75. The molecule has 2 aliphatic rings. The van der Waals surface area contributed by atoms with E-state index in [1.165, 1.54) is 0 Å². The van der Waals surface area contributed by atoms with E-state index in [-0.39, 0.29) is 11.9 Å². The van der Waals surface area contributed by atoms with Gasteiger partial charge in [-0.1, -0.05) is 24.3 Å². The highest BCUT2D eigenvalue weighted by Crippen LogP contribution is 2.38. The van der Waals surface area contributed by atoms with Crippen molar-refractivity contribution in [2.75, 3.05) is 6.54 Å². The number of ether oxygens (including phenoxy) is 1. The van der Waals surface area contributed by atoms with Crippen LogP contribution in [0.25, 0.3) is 0 Å². The van der Waals surface area contributed by atoms with Crippen molar-refractivity contribution in [3.05, 3.63) is 35.4 Å². The average molecular weight is 381 g/mol. The molecule has 0 aromatic heterocycles. The van der Waals surface area contributed by atoms with Gasteiger partial charge in [-0.25, -0.2) is 0 Å². The van der Waals surface area contributed by atoms with Crippen LogP contribution in [0.5, 0.6) is 0 Å². The Morgan fingerprint density at radius 3 is 2.64 bits per heavy atom. The fourth-order valence-corrected chi connectivity index (χ4v) is 3.50. The number of fused-ring (bicyclic) bond motifs is 1. The molecule has 0 aliphatic carbocycles. The molecule has 1 amide bonds. The zero-order chi connectivity index (χ0) is 20.4. The summed E-state index contributed by atoms with van der Waals surface area (Å²) in [6.45, 7) is 6.37. The van der Waals surface area contributed by atoms with Crippen LogP contribution in [0.4, 0.5) is 0 Å². The van der Waals surface area contributed by atoms with Crippen LogP contribution in [0.1, 0.15) is 63.5 Å². The molecule has 2 aliphatic heterocycles. The maximum absolute atomic E-state index is 12.9. The van der Waals surface area contributed by atoms with Crippen molar-refractivity contribution in [2.24, 2.45) is 10.2 Å². The highest BCUT2D eigenvalue weighted by Gasteiger charge is 2.41. The molecule has 28 heavy (non-hydrogen) atoms. The minimum atomic E-state index is -0.573. The maximum atomic E-state index is 12.9. The smallest absolute Gasteiger partial charge is 0.315 e. The van der Waals surface area contributed by atoms with Gasteiger partial charge in [0.2, 0.25) is 5.91 Å². The van der Waals surface area contributed by atoms with Crippen molar-refractivity contribution in [3.63, 3.8) is 0 Å². The van der Waals surface area contributed by atoms with Gasteiger partial charge in [-0.3, -0.25) is 9.59 Å². The van der Waals surface area contributed by atoms with Crippen LogP contribution < -0.4 is 0 Å². The number of benzene rings is 1. The molecule has 6 heteroatoms. The second kappa shape index (κ2) is 7.75. The SMILES string of the molecule is C#CCCC1(CCC(=O)N2Cc3ccccc3C(C(=O)OC(C)(C)C)C2)N=N1. The lowest BCUT2D eigenvalue weighted by molar-refractivity contribution is -0.158. The van der Waals surface area contributed by atoms with Gasteiger partial charge in [-0.05, 0) is 31.9 Å². The second-order valence-electron chi connectivity index (χ2n) is 8.45. The molecule has 1 unspecified atom stereocenters. The number of amides is 1. The maximum Gasteiger partial charge on any atom is 0.315 e. The minimum Gasteiger partial charge on any atom is -0.459 e. The van der Waals surface area contributed by atoms with E-state index in [9.17, 15) is 9.59 Å². The number of esters is 1. The summed E-state index contributed by atoms with van der Waals surface area (Å²) in [6.07, 6.45) is 7.49. The molecule has 6 nitrogen and oxygen atoms in total. The molecular formula is C22H27N3O3. The molecule has 1 atom stereocenters. The van der Waals surface area contributed by atoms with Gasteiger partial charge in [0.05, 0.1) is 5.92 Å². The molecule has 0 bridgehead atoms. The first-order chi connectivity index (χ1) is 13.2. The molecule has 1 aromatic rings. The van der Waals surface area contributed by atoms with E-state index in [1.807, 2.05) is 45.0 Å². The Bertz CT molecular complexity index is 826. The quantitative estimate of drug-likeness (QED) is 0.556. The molecule has 148 valence electrons. The molecule has 0 saturated heterocycles. The largest absolute Gasteiger partial charge is 0.459 e. The first-order valence-electron chi connectivity index (χ1n) is 9.69. The summed E-state index contributed by atoms with van der Waals surface area (Å²) >= 11 is 0. The van der Waals surface area contributed by atoms with Crippen LogP contribution in [-0.4, -0.2) is 34.6 Å². The van der Waals surface area contributed by atoms with E-state index in [2.05, 4.69) is 16.1 Å². The van der Waals surface area contributed by atoms with E-state index in [1.54, 1.807) is 4.90 Å². The normalized spacial score (nSPS) is 19.5. The van der Waals surface area contributed by atoms with Crippen LogP contribution >= 0.6 is 0 Å². The van der Waals surface area contributed by atoms with E-state index in [4.69, 9.17) is 11.2 Å². The zero-order valence-corrected chi connectivity index (χ0v) is 16.8. The summed E-state index contributed by atoms with van der Waals surface area (Å²) in [5.74, 6) is 1.83. The highest BCUT2D eigenvalue weighted by atomic mass is 16.6. The number of carbonyl (C=O) groups is 2. The summed E-state index contributed by atoms with van der Waals surface area (Å²) in [4.78, 5) is 27.4. The number of hydrogen-bond donors (Lipinski definition) is 0. The lowest BCUT2D eigenvalue weighted by Crippen LogP contribution is -2.42. The molecule has 1 aromatic carbocycles. The standard InChI is InChI=1S/C22H27N3O3/c1-5-6-12-22(23-24-22)13-11-19(26)25-14-16-9-7-8-10-17(16)18(15-25)20(27)28-21(2,3)4/h1,7-10,18H,6,11-15H2,2-4H3. The predicted molar refractivity (Wildman–Crippen MR) is 105 cm³/mol. The van der Waals surface area contributed by atoms with E-state index in [0.29, 0.717) is 38.8 Å². The van der Waals surface area contributed by atoms with Gasteiger partial charge >= 0.3 is 5.97 Å². The Hall–Kier alpha value is -2.68. The first kappa shape index (κ1) is 20.1. The Labute approximate surface area is 166 Å². The molecule has 0 fully saturated rings. The Morgan fingerprint density at radius 1 is 1.29 bits per heavy atom. The second-order valence-corrected chi connectivity index (χ2v) is 8.45. The number of carbonyl (C=O) groups excluding carboxylic acids is 2. The third-order valence-electron chi connectivity index (χ3n) is 5.03. The van der Waals surface area contributed by atoms with Crippen molar-refractivity contribution in [1.82, 2.24) is 4.90 Å². The predicted octanol–water partition coefficient (Wildman–Crippen LogP) is 3.81. The summed E-state index contributed by atoms with van der Waals surface area (Å²) in [5.41, 5.74) is 0.885. The van der Waals surface area contributed by atoms with Crippen molar-refractivity contribution in [3.8, 4) is 12.3 Å². The lowest BCUT2D eigenvalue weighted by Gasteiger charge is -2.35. The van der Waals surface area contributed by atoms with E-state index >= 15 is 0 Å². The first-order valence-corrected chi connectivity index (χ1v) is 9.69. The van der Waals surface area contributed by atoms with Gasteiger partial charge in [0, 0.05) is 38.8 Å². The topological polar surface area (TPSA) is 71.3 Å². The molecule has 0 spiro atoms. The third-order valence-corrected chi connectivity index (χ3v) is 5.03. The van der Waals surface area contributed by atoms with Gasteiger partial charge < -0.3 is 9.64 Å². The van der Waals surface area contributed by atoms with Crippen LogP contribution in [0.2, 0.25) is 0 Å². The monoisotopic (exact) mass is 381 g/mol. The number of nitrogens with zero attached hydrogens (tertiary/aromatic N) is 3. The van der Waals surface area contributed by atoms with E-state index in [0.717, 1.165) is 11.1 Å². The zero-order valence-electron chi connectivity index (χ0n) is 16.8. The summed E-state index contributed by atoms with van der Waals surface area (Å²) in [5, 5.41) is 8.18. The average Bonchev–Trinajstić information content (AvgIpc) is 3.42. The summed E-state index contributed by atoms with van der Waals surface area (Å²) < 4.78 is 5.60. The molecule has 2 heterocycles. The Kier molecular flexibility index (Phi) is 5.55. The molecule has 0 radical (unpaired) electrons. The van der Waals surface area contributed by atoms with Crippen molar-refractivity contribution < 1.29 is 14.3 Å². The molecule has 0 N–H and O–H groups in total. The van der Waals surface area contributed by atoms with Crippen molar-refractivity contribution >= 4 is 11.9 Å². The van der Waals surface area contributed by atoms with Gasteiger partial charge in [-0.2, -0.15) is 10.2 Å². The van der Waals surface area contributed by atoms with E-state index < -0.39 is 17.2 Å². The van der Waals surface area contributed by atoms with Crippen molar-refractivity contribution in [1.29, 1.82) is 0 Å². The van der Waals surface area contributed by atoms with Gasteiger partial charge in [0.15, 0.2) is 5.66 Å². The summed E-state index contributed by atoms with van der Waals surface area (Å²) in [7, 11) is 0. The third kappa shape index (κ3) is 4.78. The van der Waals surface area contributed by atoms with Gasteiger partial charge in [0.25, 0.3) is 0 Å². The Morgan fingerprint density at radius 2 is 2.00 bits per heavy atom. The fraction of sp³-hybridized carbons (Fsp3) is 0.545. The van der Waals surface area contributed by atoms with Gasteiger partial charge in [-0.15, -0.1) is 12.3 Å². The number of hydrogen-bond acceptors (Lipinski definition) is 5. The van der Waals surface area contributed by atoms with Gasteiger partial charge in [0.1, 0.15) is 5.60 Å². The van der Waals surface area contributed by atoms with Crippen LogP contribution in [0.15, 0.2) is 34.5 Å².